The van der Waals surface area contributed by atoms with Crippen molar-refractivity contribution in [2.45, 2.75) is 31.7 Å². The average molecular weight is 218 g/mol. The van der Waals surface area contributed by atoms with Crippen LogP contribution in [0.1, 0.15) is 25.0 Å². The van der Waals surface area contributed by atoms with Gasteiger partial charge in [0.05, 0.1) is 6.10 Å². The first-order chi connectivity index (χ1) is 7.72. The number of aliphatic hydroxyl groups is 1. The van der Waals surface area contributed by atoms with E-state index in [9.17, 15) is 5.11 Å². The summed E-state index contributed by atoms with van der Waals surface area (Å²) in [6, 6.07) is 10.0. The number of hydrogen-bond donors (Lipinski definition) is 1. The molecule has 1 aromatic carbocycles. The van der Waals surface area contributed by atoms with Crippen LogP contribution in [0, 0.1) is 5.92 Å². The van der Waals surface area contributed by atoms with Gasteiger partial charge in [-0.15, -0.1) is 6.58 Å². The van der Waals surface area contributed by atoms with Crippen LogP contribution >= 0.6 is 0 Å². The third kappa shape index (κ3) is 2.52. The molecule has 0 unspecified atom stereocenters. The number of allylic oxidation sites excluding steroid dienone is 1. The lowest BCUT2D eigenvalue weighted by molar-refractivity contribution is 0.117. The van der Waals surface area contributed by atoms with Gasteiger partial charge in [-0.3, -0.25) is 0 Å². The van der Waals surface area contributed by atoms with Crippen LogP contribution in [0.15, 0.2) is 43.0 Å². The molecule has 1 aromatic rings. The van der Waals surface area contributed by atoms with Gasteiger partial charge in [-0.2, -0.15) is 0 Å². The Labute approximate surface area is 96.6 Å². The van der Waals surface area contributed by atoms with Crippen molar-refractivity contribution < 1.29 is 9.84 Å². The molecule has 0 amide bonds. The third-order valence-electron chi connectivity index (χ3n) is 3.05. The van der Waals surface area contributed by atoms with Gasteiger partial charge in [-0.1, -0.05) is 43.3 Å². The Bertz CT molecular complexity index is 347. The second-order valence-electron chi connectivity index (χ2n) is 4.45. The molecule has 0 radical (unpaired) electrons. The highest BCUT2D eigenvalue weighted by Gasteiger charge is 2.45. The van der Waals surface area contributed by atoms with E-state index >= 15 is 0 Å². The van der Waals surface area contributed by atoms with Gasteiger partial charge in [0.25, 0.3) is 0 Å². The van der Waals surface area contributed by atoms with Crippen molar-refractivity contribution in [2.75, 3.05) is 0 Å². The summed E-state index contributed by atoms with van der Waals surface area (Å²) in [5.41, 5.74) is 1.15. The summed E-state index contributed by atoms with van der Waals surface area (Å²) in [4.78, 5) is 0. The van der Waals surface area contributed by atoms with Gasteiger partial charge in [-0.05, 0) is 17.9 Å². The lowest BCUT2D eigenvalue weighted by Gasteiger charge is -2.10. The molecule has 2 nitrogen and oxygen atoms in total. The molecule has 86 valence electrons. The summed E-state index contributed by atoms with van der Waals surface area (Å²) in [6.07, 6.45) is 2.23. The Balaban J connectivity index is 1.89. The van der Waals surface area contributed by atoms with Gasteiger partial charge in [0.2, 0.25) is 0 Å². The molecule has 1 aliphatic rings. The number of epoxide rings is 1. The van der Waals surface area contributed by atoms with Crippen molar-refractivity contribution in [1.29, 1.82) is 0 Å². The fourth-order valence-corrected chi connectivity index (χ4v) is 1.94. The highest BCUT2D eigenvalue weighted by molar-refractivity contribution is 5.22. The molecular weight excluding hydrogens is 200 g/mol. The maximum atomic E-state index is 9.95. The van der Waals surface area contributed by atoms with Crippen molar-refractivity contribution in [3.05, 3.63) is 48.6 Å². The largest absolute Gasteiger partial charge is 0.390 e. The second-order valence-corrected chi connectivity index (χ2v) is 4.45. The van der Waals surface area contributed by atoms with Gasteiger partial charge in [-0.25, -0.2) is 0 Å². The molecule has 0 bridgehead atoms. The first-order valence-electron chi connectivity index (χ1n) is 5.73. The molecular formula is C14H18O2. The number of rotatable bonds is 5. The van der Waals surface area contributed by atoms with Crippen LogP contribution < -0.4 is 0 Å². The summed E-state index contributed by atoms with van der Waals surface area (Å²) in [5.74, 6) is 0.329. The molecule has 0 aliphatic carbocycles. The van der Waals surface area contributed by atoms with Gasteiger partial charge in [0.15, 0.2) is 0 Å². The summed E-state index contributed by atoms with van der Waals surface area (Å²) < 4.78 is 5.53. The Kier molecular flexibility index (Phi) is 3.42. The number of benzene rings is 1. The standard InChI is InChI=1S/C14H18O2/c1-3-10(2)9-12(15)14-13(16-14)11-7-5-4-6-8-11/h3-8,10,12-15H,1,9H2,2H3/t10-,12+,13-,14-/m1/s1. The second kappa shape index (κ2) is 4.81. The molecule has 1 saturated heterocycles. The third-order valence-corrected chi connectivity index (χ3v) is 3.05. The van der Waals surface area contributed by atoms with E-state index in [1.54, 1.807) is 0 Å². The van der Waals surface area contributed by atoms with Crippen LogP contribution in [0.3, 0.4) is 0 Å². The maximum Gasteiger partial charge on any atom is 0.115 e. The number of ether oxygens (including phenoxy) is 1. The van der Waals surface area contributed by atoms with Crippen molar-refractivity contribution in [3.63, 3.8) is 0 Å². The van der Waals surface area contributed by atoms with Gasteiger partial charge < -0.3 is 9.84 Å². The van der Waals surface area contributed by atoms with E-state index in [0.717, 1.165) is 12.0 Å². The highest BCUT2D eigenvalue weighted by atomic mass is 16.6. The molecule has 16 heavy (non-hydrogen) atoms. The van der Waals surface area contributed by atoms with Gasteiger partial charge in [0.1, 0.15) is 12.2 Å². The van der Waals surface area contributed by atoms with Crippen molar-refractivity contribution in [3.8, 4) is 0 Å². The van der Waals surface area contributed by atoms with Crippen LogP contribution in [0.2, 0.25) is 0 Å². The highest BCUT2D eigenvalue weighted by Crippen LogP contribution is 2.41. The monoisotopic (exact) mass is 218 g/mol. The fourth-order valence-electron chi connectivity index (χ4n) is 1.94. The van der Waals surface area contributed by atoms with E-state index in [1.165, 1.54) is 0 Å². The first-order valence-corrected chi connectivity index (χ1v) is 5.73. The van der Waals surface area contributed by atoms with E-state index in [1.807, 2.05) is 36.4 Å². The van der Waals surface area contributed by atoms with Crippen molar-refractivity contribution >= 4 is 0 Å². The zero-order valence-corrected chi connectivity index (χ0v) is 9.54. The molecule has 2 rings (SSSR count). The normalized spacial score (nSPS) is 27.1. The Morgan fingerprint density at radius 3 is 2.75 bits per heavy atom. The molecule has 1 heterocycles. The number of aliphatic hydroxyl groups excluding tert-OH is 1. The zero-order chi connectivity index (χ0) is 11.5. The smallest absolute Gasteiger partial charge is 0.115 e. The minimum atomic E-state index is -0.391. The Morgan fingerprint density at radius 1 is 1.44 bits per heavy atom. The predicted molar refractivity (Wildman–Crippen MR) is 64.0 cm³/mol. The first kappa shape index (κ1) is 11.4. The van der Waals surface area contributed by atoms with Crippen LogP contribution in [0.5, 0.6) is 0 Å². The molecule has 1 fully saturated rings. The van der Waals surface area contributed by atoms with E-state index in [0.29, 0.717) is 5.92 Å². The van der Waals surface area contributed by atoms with Gasteiger partial charge >= 0.3 is 0 Å². The van der Waals surface area contributed by atoms with E-state index in [-0.39, 0.29) is 12.2 Å². The SMILES string of the molecule is C=C[C@@H](C)C[C@H](O)[C@H]1O[C@@H]1c1ccccc1. The molecule has 0 aromatic heterocycles. The molecule has 0 saturated carbocycles. The summed E-state index contributed by atoms with van der Waals surface area (Å²) in [7, 11) is 0. The average Bonchev–Trinajstić information content (AvgIpc) is 3.10. The minimum absolute atomic E-state index is 0.0372. The van der Waals surface area contributed by atoms with E-state index in [2.05, 4.69) is 13.5 Å². The molecule has 1 aliphatic heterocycles. The van der Waals surface area contributed by atoms with Crippen LogP contribution in [0.25, 0.3) is 0 Å². The van der Waals surface area contributed by atoms with Crippen molar-refractivity contribution in [1.82, 2.24) is 0 Å². The number of hydrogen-bond acceptors (Lipinski definition) is 2. The lowest BCUT2D eigenvalue weighted by atomic mass is 9.99. The predicted octanol–water partition coefficient (Wildman–Crippen LogP) is 2.70. The molecule has 1 N–H and O–H groups in total. The molecule has 2 heteroatoms. The van der Waals surface area contributed by atoms with Crippen molar-refractivity contribution in [2.24, 2.45) is 5.92 Å². The molecule has 0 spiro atoms. The minimum Gasteiger partial charge on any atom is -0.390 e. The maximum absolute atomic E-state index is 9.95. The Hall–Kier alpha value is -1.12. The zero-order valence-electron chi connectivity index (χ0n) is 9.54. The summed E-state index contributed by atoms with van der Waals surface area (Å²) in [6.45, 7) is 5.77. The van der Waals surface area contributed by atoms with E-state index < -0.39 is 6.10 Å². The van der Waals surface area contributed by atoms with E-state index in [4.69, 9.17) is 4.74 Å². The van der Waals surface area contributed by atoms with Crippen LogP contribution in [-0.2, 0) is 4.74 Å². The summed E-state index contributed by atoms with van der Waals surface area (Å²) >= 11 is 0. The fraction of sp³-hybridized carbons (Fsp3) is 0.429. The Morgan fingerprint density at radius 2 is 2.12 bits per heavy atom. The topological polar surface area (TPSA) is 32.8 Å². The van der Waals surface area contributed by atoms with Gasteiger partial charge in [0, 0.05) is 0 Å². The summed E-state index contributed by atoms with van der Waals surface area (Å²) in [5, 5.41) is 9.95. The van der Waals surface area contributed by atoms with Crippen LogP contribution in [0.4, 0.5) is 0 Å². The molecule has 4 atom stereocenters. The van der Waals surface area contributed by atoms with Crippen LogP contribution in [-0.4, -0.2) is 17.3 Å². The quantitative estimate of drug-likeness (QED) is 0.609. The lowest BCUT2D eigenvalue weighted by Crippen LogP contribution is -2.17.